The van der Waals surface area contributed by atoms with Gasteiger partial charge in [-0.2, -0.15) is 0 Å². The highest BCUT2D eigenvalue weighted by molar-refractivity contribution is 7.77. The number of hydrogen-bond acceptors (Lipinski definition) is 4. The van der Waals surface area contributed by atoms with Gasteiger partial charge in [0.15, 0.2) is 5.72 Å². The number of nitrogens with zero attached hydrogens (tertiary/aromatic N) is 1. The van der Waals surface area contributed by atoms with E-state index >= 15 is 0 Å². The molecule has 1 N–H and O–H groups in total. The summed E-state index contributed by atoms with van der Waals surface area (Å²) in [5.74, 6) is 0.0350. The molecule has 2 aromatic carbocycles. The van der Waals surface area contributed by atoms with Crippen LogP contribution in [0.4, 0.5) is 4.39 Å². The zero-order valence-electron chi connectivity index (χ0n) is 13.5. The van der Waals surface area contributed by atoms with Crippen LogP contribution in [0.3, 0.4) is 0 Å². The fourth-order valence-corrected chi connectivity index (χ4v) is 2.99. The summed E-state index contributed by atoms with van der Waals surface area (Å²) in [6.45, 7) is 3.73. The van der Waals surface area contributed by atoms with Gasteiger partial charge in [0.2, 0.25) is 0 Å². The van der Waals surface area contributed by atoms with Crippen LogP contribution in [0.2, 0.25) is 5.02 Å². The molecule has 1 heterocycles. The molecule has 0 fully saturated rings. The summed E-state index contributed by atoms with van der Waals surface area (Å²) < 4.78 is 43.4. The van der Waals surface area contributed by atoms with E-state index in [1.54, 1.807) is 38.1 Å². The SMILES string of the molecule is CC1(C)N=C(c2ccc(Cl)c(F)c2)c2ccc(CNS(=O)[O-])cc2O1. The van der Waals surface area contributed by atoms with E-state index in [1.807, 2.05) is 0 Å². The van der Waals surface area contributed by atoms with Crippen molar-refractivity contribution < 1.29 is 17.9 Å². The second kappa shape index (κ2) is 6.84. The maximum atomic E-state index is 13.9. The zero-order chi connectivity index (χ0) is 18.2. The smallest absolute Gasteiger partial charge is 0.195 e. The zero-order valence-corrected chi connectivity index (χ0v) is 15.1. The minimum absolute atomic E-state index is 0.0444. The molecule has 1 atom stereocenters. The van der Waals surface area contributed by atoms with E-state index in [-0.39, 0.29) is 11.6 Å². The van der Waals surface area contributed by atoms with Crippen molar-refractivity contribution >= 4 is 28.6 Å². The first-order chi connectivity index (χ1) is 11.7. The molecular formula is C17H15ClFN2O3S-. The standard InChI is InChI=1S/C17H16ClFN2O3S/c1-17(2)21-16(11-4-6-13(18)14(19)8-11)12-5-3-10(7-15(12)24-17)9-20-25(22)23/h3-8,20H,9H2,1-2H3,(H,22,23)/p-1. The van der Waals surface area contributed by atoms with Crippen LogP contribution in [-0.4, -0.2) is 20.2 Å². The Morgan fingerprint density at radius 3 is 2.76 bits per heavy atom. The molecule has 0 saturated heterocycles. The molecule has 5 nitrogen and oxygen atoms in total. The largest absolute Gasteiger partial charge is 0.760 e. The number of ether oxygens (including phenoxy) is 1. The van der Waals surface area contributed by atoms with E-state index in [9.17, 15) is 13.2 Å². The predicted molar refractivity (Wildman–Crippen MR) is 94.0 cm³/mol. The van der Waals surface area contributed by atoms with Crippen LogP contribution in [0.15, 0.2) is 41.4 Å². The van der Waals surface area contributed by atoms with Crippen LogP contribution in [-0.2, 0) is 17.8 Å². The lowest BCUT2D eigenvalue weighted by Crippen LogP contribution is -2.32. The van der Waals surface area contributed by atoms with Crippen molar-refractivity contribution in [3.8, 4) is 5.75 Å². The summed E-state index contributed by atoms with van der Waals surface area (Å²) in [6, 6.07) is 9.81. The van der Waals surface area contributed by atoms with Gasteiger partial charge in [-0.1, -0.05) is 23.7 Å². The molecule has 25 heavy (non-hydrogen) atoms. The quantitative estimate of drug-likeness (QED) is 0.825. The number of benzene rings is 2. The van der Waals surface area contributed by atoms with Gasteiger partial charge in [-0.05, 0) is 43.7 Å². The highest BCUT2D eigenvalue weighted by atomic mass is 35.5. The molecule has 1 unspecified atom stereocenters. The molecule has 2 aromatic rings. The molecule has 0 radical (unpaired) electrons. The van der Waals surface area contributed by atoms with E-state index in [0.717, 1.165) is 5.56 Å². The second-order valence-electron chi connectivity index (χ2n) is 6.02. The fraction of sp³-hybridized carbons (Fsp3) is 0.235. The first kappa shape index (κ1) is 18.0. The van der Waals surface area contributed by atoms with Crippen LogP contribution in [0.1, 0.15) is 30.5 Å². The molecule has 0 saturated carbocycles. The maximum Gasteiger partial charge on any atom is 0.195 e. The average Bonchev–Trinajstić information content (AvgIpc) is 2.53. The normalized spacial score (nSPS) is 16.6. The monoisotopic (exact) mass is 381 g/mol. The lowest BCUT2D eigenvalue weighted by molar-refractivity contribution is 0.115. The van der Waals surface area contributed by atoms with Gasteiger partial charge in [-0.15, -0.1) is 0 Å². The van der Waals surface area contributed by atoms with E-state index in [2.05, 4.69) is 9.71 Å². The fourth-order valence-electron chi connectivity index (χ4n) is 2.58. The molecule has 3 rings (SSSR count). The Labute approximate surface area is 152 Å². The Hall–Kier alpha value is -1.80. The topological polar surface area (TPSA) is 73.8 Å². The number of halogens is 2. The first-order valence-corrected chi connectivity index (χ1v) is 8.91. The van der Waals surface area contributed by atoms with Crippen molar-refractivity contribution in [2.24, 2.45) is 4.99 Å². The minimum atomic E-state index is -2.34. The van der Waals surface area contributed by atoms with Crippen molar-refractivity contribution in [3.05, 3.63) is 63.9 Å². The molecule has 1 aliphatic rings. The summed E-state index contributed by atoms with van der Waals surface area (Å²) >= 11 is 3.42. The van der Waals surface area contributed by atoms with Crippen LogP contribution in [0.5, 0.6) is 5.75 Å². The Morgan fingerprint density at radius 2 is 2.08 bits per heavy atom. The van der Waals surface area contributed by atoms with Gasteiger partial charge < -0.3 is 9.29 Å². The molecule has 1 aliphatic heterocycles. The third-order valence-electron chi connectivity index (χ3n) is 3.63. The summed E-state index contributed by atoms with van der Waals surface area (Å²) in [6.07, 6.45) is 0. The number of aliphatic imine (C=N–C) groups is 1. The molecular weight excluding hydrogens is 367 g/mol. The Balaban J connectivity index is 2.04. The van der Waals surface area contributed by atoms with Crippen LogP contribution < -0.4 is 9.46 Å². The van der Waals surface area contributed by atoms with Gasteiger partial charge in [0.05, 0.1) is 10.7 Å². The highest BCUT2D eigenvalue weighted by Crippen LogP contribution is 2.34. The van der Waals surface area contributed by atoms with Crippen molar-refractivity contribution in [1.29, 1.82) is 0 Å². The average molecular weight is 382 g/mol. The van der Waals surface area contributed by atoms with Crippen molar-refractivity contribution in [2.45, 2.75) is 26.1 Å². The van der Waals surface area contributed by atoms with Crippen LogP contribution in [0, 0.1) is 5.82 Å². The van der Waals surface area contributed by atoms with Crippen molar-refractivity contribution in [3.63, 3.8) is 0 Å². The van der Waals surface area contributed by atoms with Gasteiger partial charge in [0.1, 0.15) is 11.6 Å². The number of fused-ring (bicyclic) bond motifs is 1. The minimum Gasteiger partial charge on any atom is -0.760 e. The van der Waals surface area contributed by atoms with Gasteiger partial charge in [0, 0.05) is 28.9 Å². The lowest BCUT2D eigenvalue weighted by Gasteiger charge is -2.30. The van der Waals surface area contributed by atoms with Crippen molar-refractivity contribution in [2.75, 3.05) is 0 Å². The van der Waals surface area contributed by atoms with E-state index in [0.29, 0.717) is 22.6 Å². The summed E-state index contributed by atoms with van der Waals surface area (Å²) in [5, 5.41) is 0.0444. The molecule has 8 heteroatoms. The molecule has 0 aliphatic carbocycles. The van der Waals surface area contributed by atoms with E-state index < -0.39 is 22.8 Å². The predicted octanol–water partition coefficient (Wildman–Crippen LogP) is 3.33. The molecule has 0 aromatic heterocycles. The number of hydrogen-bond donors (Lipinski definition) is 1. The summed E-state index contributed by atoms with van der Waals surface area (Å²) in [7, 11) is 0. The Morgan fingerprint density at radius 1 is 1.32 bits per heavy atom. The summed E-state index contributed by atoms with van der Waals surface area (Å²) in [4.78, 5) is 4.57. The second-order valence-corrected chi connectivity index (χ2v) is 7.19. The highest BCUT2D eigenvalue weighted by Gasteiger charge is 2.29. The van der Waals surface area contributed by atoms with E-state index in [4.69, 9.17) is 16.3 Å². The van der Waals surface area contributed by atoms with Gasteiger partial charge >= 0.3 is 0 Å². The number of nitrogens with one attached hydrogen (secondary N) is 1. The van der Waals surface area contributed by atoms with Gasteiger partial charge in [-0.3, -0.25) is 4.21 Å². The Bertz CT molecular complexity index is 886. The summed E-state index contributed by atoms with van der Waals surface area (Å²) in [5.41, 5.74) is 1.78. The number of rotatable bonds is 4. The van der Waals surface area contributed by atoms with Gasteiger partial charge in [0.25, 0.3) is 0 Å². The van der Waals surface area contributed by atoms with E-state index in [1.165, 1.54) is 12.1 Å². The van der Waals surface area contributed by atoms with Crippen LogP contribution in [0.25, 0.3) is 0 Å². The maximum absolute atomic E-state index is 13.9. The first-order valence-electron chi connectivity index (χ1n) is 7.45. The van der Waals surface area contributed by atoms with Crippen LogP contribution >= 0.6 is 11.6 Å². The van der Waals surface area contributed by atoms with Crippen molar-refractivity contribution in [1.82, 2.24) is 4.72 Å². The lowest BCUT2D eigenvalue weighted by atomic mass is 9.97. The molecule has 0 spiro atoms. The molecule has 132 valence electrons. The third kappa shape index (κ3) is 4.07. The van der Waals surface area contributed by atoms with Gasteiger partial charge in [-0.25, -0.2) is 14.1 Å². The molecule has 0 amide bonds. The molecule has 0 bridgehead atoms. The third-order valence-corrected chi connectivity index (χ3v) is 4.32. The Kier molecular flexibility index (Phi) is 4.92.